The van der Waals surface area contributed by atoms with Crippen molar-refractivity contribution in [3.63, 3.8) is 0 Å². The van der Waals surface area contributed by atoms with Crippen molar-refractivity contribution >= 4 is 23.2 Å². The number of carbonyl (C=O) groups excluding carboxylic acids is 2. The number of anilines is 2. The van der Waals surface area contributed by atoms with Gasteiger partial charge in [0.15, 0.2) is 0 Å². The van der Waals surface area contributed by atoms with E-state index >= 15 is 0 Å². The summed E-state index contributed by atoms with van der Waals surface area (Å²) >= 11 is 0. The van der Waals surface area contributed by atoms with Crippen molar-refractivity contribution in [2.45, 2.75) is 12.8 Å². The summed E-state index contributed by atoms with van der Waals surface area (Å²) in [6.45, 7) is 0. The van der Waals surface area contributed by atoms with Crippen LogP contribution in [0.1, 0.15) is 24.0 Å². The van der Waals surface area contributed by atoms with E-state index in [1.165, 1.54) is 0 Å². The molecule has 122 valence electrons. The number of hydrogen-bond acceptors (Lipinski definition) is 4. The lowest BCUT2D eigenvalue weighted by Gasteiger charge is -2.16. The Morgan fingerprint density at radius 3 is 2.12 bits per heavy atom. The van der Waals surface area contributed by atoms with Crippen LogP contribution < -0.4 is 10.6 Å². The predicted molar refractivity (Wildman–Crippen MR) is 91.2 cm³/mol. The molecule has 3 rings (SSSR count). The number of amides is 2. The van der Waals surface area contributed by atoms with Crippen LogP contribution in [0.4, 0.5) is 11.4 Å². The Balaban J connectivity index is 1.72. The summed E-state index contributed by atoms with van der Waals surface area (Å²) in [5.74, 6) is -0.800. The molecule has 0 saturated heterocycles. The smallest absolute Gasteiger partial charge is 0.240 e. The van der Waals surface area contributed by atoms with E-state index in [9.17, 15) is 9.59 Å². The summed E-state index contributed by atoms with van der Waals surface area (Å²) in [7, 11) is 0. The zero-order valence-corrected chi connectivity index (χ0v) is 13.2. The highest BCUT2D eigenvalue weighted by Crippen LogP contribution is 2.47. The number of carbonyl (C=O) groups is 2. The van der Waals surface area contributed by atoms with Gasteiger partial charge in [0.2, 0.25) is 11.8 Å². The molecule has 0 bridgehead atoms. The third-order valence-electron chi connectivity index (χ3n) is 4.19. The van der Waals surface area contributed by atoms with Crippen LogP contribution >= 0.6 is 0 Å². The van der Waals surface area contributed by atoms with Crippen LogP contribution in [0.5, 0.6) is 0 Å². The number of rotatable bonds is 4. The van der Waals surface area contributed by atoms with Gasteiger partial charge in [-0.05, 0) is 49.2 Å². The van der Waals surface area contributed by atoms with Crippen LogP contribution in [0.25, 0.3) is 0 Å². The van der Waals surface area contributed by atoms with Gasteiger partial charge in [-0.2, -0.15) is 10.5 Å². The van der Waals surface area contributed by atoms with Crippen molar-refractivity contribution in [1.82, 2.24) is 0 Å². The first-order chi connectivity index (χ1) is 12.1. The van der Waals surface area contributed by atoms with E-state index < -0.39 is 11.3 Å². The van der Waals surface area contributed by atoms with Gasteiger partial charge in [-0.15, -0.1) is 0 Å². The highest BCUT2D eigenvalue weighted by Gasteiger charge is 2.56. The van der Waals surface area contributed by atoms with Crippen molar-refractivity contribution in [2.24, 2.45) is 5.41 Å². The van der Waals surface area contributed by atoms with Crippen molar-refractivity contribution in [2.75, 3.05) is 10.6 Å². The Morgan fingerprint density at radius 1 is 0.880 bits per heavy atom. The third kappa shape index (κ3) is 3.19. The molecule has 1 aliphatic rings. The van der Waals surface area contributed by atoms with E-state index in [-0.39, 0.29) is 5.91 Å². The summed E-state index contributed by atoms with van der Waals surface area (Å²) in [6, 6.07) is 17.1. The molecule has 0 atom stereocenters. The minimum Gasteiger partial charge on any atom is -0.325 e. The van der Waals surface area contributed by atoms with Gasteiger partial charge < -0.3 is 10.6 Å². The highest BCUT2D eigenvalue weighted by molar-refractivity contribution is 6.17. The molecule has 0 heterocycles. The zero-order chi connectivity index (χ0) is 17.9. The van der Waals surface area contributed by atoms with E-state index in [0.29, 0.717) is 35.3 Å². The van der Waals surface area contributed by atoms with E-state index in [0.717, 1.165) is 0 Å². The summed E-state index contributed by atoms with van der Waals surface area (Å²) in [6.07, 6.45) is 0.908. The van der Waals surface area contributed by atoms with Crippen molar-refractivity contribution in [3.8, 4) is 12.1 Å². The second-order valence-corrected chi connectivity index (χ2v) is 5.84. The molecule has 0 unspecified atom stereocenters. The molecule has 1 aliphatic carbocycles. The summed E-state index contributed by atoms with van der Waals surface area (Å²) < 4.78 is 0. The van der Waals surface area contributed by atoms with Crippen molar-refractivity contribution in [1.29, 1.82) is 10.5 Å². The monoisotopic (exact) mass is 330 g/mol. The van der Waals surface area contributed by atoms with Crippen LogP contribution in [0.2, 0.25) is 0 Å². The van der Waals surface area contributed by atoms with Gasteiger partial charge >= 0.3 is 0 Å². The molecule has 0 radical (unpaired) electrons. The first-order valence-corrected chi connectivity index (χ1v) is 7.71. The molecule has 6 nitrogen and oxygen atoms in total. The number of benzene rings is 2. The van der Waals surface area contributed by atoms with E-state index in [2.05, 4.69) is 10.6 Å². The largest absolute Gasteiger partial charge is 0.325 e. The van der Waals surface area contributed by atoms with E-state index in [4.69, 9.17) is 10.5 Å². The maximum Gasteiger partial charge on any atom is 0.240 e. The summed E-state index contributed by atoms with van der Waals surface area (Å²) in [5, 5.41) is 23.3. The zero-order valence-electron chi connectivity index (χ0n) is 13.2. The predicted octanol–water partition coefficient (Wildman–Crippen LogP) is 2.79. The number of hydrogen-bond donors (Lipinski definition) is 2. The number of nitrogens with zero attached hydrogens (tertiary/aromatic N) is 2. The molecule has 6 heteroatoms. The normalized spacial score (nSPS) is 13.8. The summed E-state index contributed by atoms with van der Waals surface area (Å²) in [5.41, 5.74) is 0.647. The molecule has 1 fully saturated rings. The first-order valence-electron chi connectivity index (χ1n) is 7.71. The number of para-hydroxylation sites is 1. The Labute approximate surface area is 144 Å². The van der Waals surface area contributed by atoms with Gasteiger partial charge in [-0.1, -0.05) is 12.1 Å². The number of nitrogens with one attached hydrogen (secondary N) is 2. The van der Waals surface area contributed by atoms with E-state index in [1.807, 2.05) is 12.1 Å². The second kappa shape index (κ2) is 6.46. The maximum atomic E-state index is 12.6. The molecule has 0 aromatic heterocycles. The molecule has 2 aromatic carbocycles. The van der Waals surface area contributed by atoms with Gasteiger partial charge in [0.05, 0.1) is 22.9 Å². The first kappa shape index (κ1) is 16.2. The lowest BCUT2D eigenvalue weighted by Crippen LogP contribution is -2.35. The average Bonchev–Trinajstić information content (AvgIpc) is 3.45. The molecule has 1 saturated carbocycles. The molecule has 2 amide bonds. The quantitative estimate of drug-likeness (QED) is 0.841. The molecule has 0 aliphatic heterocycles. The minimum absolute atomic E-state index is 0.346. The standard InChI is InChI=1S/C19H14N4O2/c20-11-13-5-7-15(8-6-13)22-17(24)19(9-10-19)18(25)23-16-4-2-1-3-14(16)12-21/h1-8H,9-10H2,(H,22,24)(H,23,25). The van der Waals surface area contributed by atoms with Gasteiger partial charge in [0, 0.05) is 5.69 Å². The number of nitriles is 2. The SMILES string of the molecule is N#Cc1ccc(NC(=O)C2(C(=O)Nc3ccccc3C#N)CC2)cc1. The molecule has 25 heavy (non-hydrogen) atoms. The Morgan fingerprint density at radius 2 is 1.52 bits per heavy atom. The van der Waals surface area contributed by atoms with Gasteiger partial charge in [-0.3, -0.25) is 9.59 Å². The lowest BCUT2D eigenvalue weighted by atomic mass is 10.0. The highest BCUT2D eigenvalue weighted by atomic mass is 16.2. The second-order valence-electron chi connectivity index (χ2n) is 5.84. The lowest BCUT2D eigenvalue weighted by molar-refractivity contribution is -0.131. The van der Waals surface area contributed by atoms with Crippen molar-refractivity contribution in [3.05, 3.63) is 59.7 Å². The van der Waals surface area contributed by atoms with Crippen LogP contribution in [-0.4, -0.2) is 11.8 Å². The topological polar surface area (TPSA) is 106 Å². The Bertz CT molecular complexity index is 916. The molecule has 2 aromatic rings. The van der Waals surface area contributed by atoms with Crippen LogP contribution in [0.3, 0.4) is 0 Å². The van der Waals surface area contributed by atoms with Crippen molar-refractivity contribution < 1.29 is 9.59 Å². The fourth-order valence-corrected chi connectivity index (χ4v) is 2.49. The Kier molecular flexibility index (Phi) is 4.20. The minimum atomic E-state index is -1.11. The van der Waals surface area contributed by atoms with Crippen LogP contribution in [0.15, 0.2) is 48.5 Å². The summed E-state index contributed by atoms with van der Waals surface area (Å²) in [4.78, 5) is 25.1. The average molecular weight is 330 g/mol. The van der Waals surface area contributed by atoms with Gasteiger partial charge in [0.1, 0.15) is 11.5 Å². The fourth-order valence-electron chi connectivity index (χ4n) is 2.49. The molecular weight excluding hydrogens is 316 g/mol. The molecular formula is C19H14N4O2. The molecule has 2 N–H and O–H groups in total. The Hall–Kier alpha value is -3.64. The fraction of sp³-hybridized carbons (Fsp3) is 0.158. The maximum absolute atomic E-state index is 12.6. The van der Waals surface area contributed by atoms with Gasteiger partial charge in [0.25, 0.3) is 0 Å². The third-order valence-corrected chi connectivity index (χ3v) is 4.19. The molecule has 0 spiro atoms. The van der Waals surface area contributed by atoms with Gasteiger partial charge in [-0.25, -0.2) is 0 Å². The van der Waals surface area contributed by atoms with Crippen LogP contribution in [-0.2, 0) is 9.59 Å². The van der Waals surface area contributed by atoms with E-state index in [1.54, 1.807) is 48.5 Å². The van der Waals surface area contributed by atoms with Crippen LogP contribution in [0, 0.1) is 28.1 Å².